The minimum Gasteiger partial charge on any atom is -0.508 e. The van der Waals surface area contributed by atoms with Gasteiger partial charge in [0.25, 0.3) is 0 Å². The summed E-state index contributed by atoms with van der Waals surface area (Å²) in [6.07, 6.45) is -0.560. The molecule has 12 heteroatoms. The number of nitrogens with one attached hydrogen (secondary N) is 1. The van der Waals surface area contributed by atoms with E-state index in [4.69, 9.17) is 27.9 Å². The highest BCUT2D eigenvalue weighted by molar-refractivity contribution is 6.35. The molecule has 5 rings (SSSR count). The predicted octanol–water partition coefficient (Wildman–Crippen LogP) is 3.89. The van der Waals surface area contributed by atoms with Gasteiger partial charge >= 0.3 is 6.03 Å². The number of nitrogens with zero attached hydrogens (tertiary/aromatic N) is 4. The Hall–Kier alpha value is -3.99. The summed E-state index contributed by atoms with van der Waals surface area (Å²) in [5, 5.41) is 16.7. The quantitative estimate of drug-likeness (QED) is 0.420. The summed E-state index contributed by atoms with van der Waals surface area (Å²) in [6, 6.07) is 17.7. The number of benzene rings is 3. The van der Waals surface area contributed by atoms with Crippen LogP contribution in [0.3, 0.4) is 0 Å². The van der Waals surface area contributed by atoms with E-state index in [1.165, 1.54) is 22.0 Å². The topological polar surface area (TPSA) is 106 Å². The third kappa shape index (κ3) is 6.25. The molecule has 2 fully saturated rings. The van der Waals surface area contributed by atoms with E-state index in [9.17, 15) is 19.5 Å². The van der Waals surface area contributed by atoms with Crippen molar-refractivity contribution in [3.05, 3.63) is 93.5 Å². The van der Waals surface area contributed by atoms with Crippen molar-refractivity contribution in [1.82, 2.24) is 25.1 Å². The molecule has 42 heavy (non-hydrogen) atoms. The second kappa shape index (κ2) is 12.5. The van der Waals surface area contributed by atoms with Crippen molar-refractivity contribution in [1.29, 1.82) is 0 Å². The molecule has 2 heterocycles. The fraction of sp³-hybridized carbons (Fsp3) is 0.300. The lowest BCUT2D eigenvalue weighted by atomic mass is 9.98. The number of piperazine rings is 1. The van der Waals surface area contributed by atoms with E-state index in [-0.39, 0.29) is 50.2 Å². The molecule has 0 saturated carbocycles. The Morgan fingerprint density at radius 2 is 1.71 bits per heavy atom. The maximum Gasteiger partial charge on any atom is 0.334 e. The van der Waals surface area contributed by atoms with Gasteiger partial charge in [0.15, 0.2) is 0 Å². The number of phenolic OH excluding ortho intramolecular Hbond substituents is 1. The maximum absolute atomic E-state index is 14.0. The molecule has 10 nitrogen and oxygen atoms in total. The number of amides is 4. The van der Waals surface area contributed by atoms with Gasteiger partial charge in [-0.25, -0.2) is 14.8 Å². The fourth-order valence-corrected chi connectivity index (χ4v) is 5.83. The van der Waals surface area contributed by atoms with Gasteiger partial charge in [-0.05, 0) is 53.1 Å². The molecule has 2 aliphatic heterocycles. The van der Waals surface area contributed by atoms with E-state index in [0.717, 1.165) is 11.1 Å². The molecule has 2 atom stereocenters. The van der Waals surface area contributed by atoms with Gasteiger partial charge in [-0.3, -0.25) is 9.59 Å². The van der Waals surface area contributed by atoms with Gasteiger partial charge in [0.2, 0.25) is 11.8 Å². The van der Waals surface area contributed by atoms with E-state index in [0.29, 0.717) is 21.4 Å². The Morgan fingerprint density at radius 1 is 1.02 bits per heavy atom. The number of hydrogen-bond donors (Lipinski definition) is 2. The standard InChI is InChI=1S/C30H31Cl2N5O5/c1-34-18-28(39)36-26(13-19-3-9-23(38)10-4-19)29(40)35(16-21-7-8-22(31)14-25(21)32)17-27(36)37(34)30(41)33-15-20-5-11-24(42-2)12-6-20/h3-12,14,26-27,38H,13,15-18H2,1-2H3,(H,33,41). The van der Waals surface area contributed by atoms with Crippen LogP contribution >= 0.6 is 23.2 Å². The van der Waals surface area contributed by atoms with Crippen LogP contribution in [-0.2, 0) is 29.1 Å². The Bertz CT molecular complexity index is 1470. The van der Waals surface area contributed by atoms with Crippen molar-refractivity contribution in [3.63, 3.8) is 0 Å². The lowest BCUT2D eigenvalue weighted by molar-refractivity contribution is -0.187. The van der Waals surface area contributed by atoms with Gasteiger partial charge in [0.05, 0.1) is 20.2 Å². The molecule has 4 amide bonds. The first-order valence-corrected chi connectivity index (χ1v) is 14.1. The number of ether oxygens (including phenoxy) is 1. The van der Waals surface area contributed by atoms with E-state index in [1.54, 1.807) is 54.4 Å². The molecule has 2 aliphatic rings. The van der Waals surface area contributed by atoms with Crippen molar-refractivity contribution in [2.45, 2.75) is 31.7 Å². The number of hydrogen-bond acceptors (Lipinski definition) is 6. The van der Waals surface area contributed by atoms with Crippen molar-refractivity contribution < 1.29 is 24.2 Å². The number of carbonyl (C=O) groups excluding carboxylic acids is 3. The van der Waals surface area contributed by atoms with Crippen molar-refractivity contribution in [2.24, 2.45) is 0 Å². The predicted molar refractivity (Wildman–Crippen MR) is 158 cm³/mol. The Balaban J connectivity index is 1.44. The van der Waals surface area contributed by atoms with E-state index < -0.39 is 18.2 Å². The first-order chi connectivity index (χ1) is 20.1. The summed E-state index contributed by atoms with van der Waals surface area (Å²) in [7, 11) is 3.26. The second-order valence-corrected chi connectivity index (χ2v) is 11.1. The first kappa shape index (κ1) is 29.5. The Labute approximate surface area is 253 Å². The second-order valence-electron chi connectivity index (χ2n) is 10.3. The van der Waals surface area contributed by atoms with Gasteiger partial charge in [-0.1, -0.05) is 53.5 Å². The van der Waals surface area contributed by atoms with Crippen LogP contribution < -0.4 is 10.1 Å². The van der Waals surface area contributed by atoms with Crippen molar-refractivity contribution >= 4 is 41.0 Å². The zero-order chi connectivity index (χ0) is 30.0. The van der Waals surface area contributed by atoms with Gasteiger partial charge in [0, 0.05) is 36.6 Å². The van der Waals surface area contributed by atoms with E-state index in [1.807, 2.05) is 24.3 Å². The zero-order valence-electron chi connectivity index (χ0n) is 23.2. The lowest BCUT2D eigenvalue weighted by Crippen LogP contribution is -2.76. The number of carbonyl (C=O) groups is 3. The van der Waals surface area contributed by atoms with Gasteiger partial charge < -0.3 is 25.0 Å². The molecular weight excluding hydrogens is 581 g/mol. The summed E-state index contributed by atoms with van der Waals surface area (Å²) in [4.78, 5) is 44.2. The van der Waals surface area contributed by atoms with Gasteiger partial charge in [-0.15, -0.1) is 0 Å². The highest BCUT2D eigenvalue weighted by atomic mass is 35.5. The minimum absolute atomic E-state index is 0.0746. The molecule has 0 spiro atoms. The van der Waals surface area contributed by atoms with Crippen LogP contribution in [0.15, 0.2) is 66.7 Å². The molecule has 2 saturated heterocycles. The number of hydrazine groups is 1. The van der Waals surface area contributed by atoms with Crippen LogP contribution in [-0.4, -0.2) is 82.2 Å². The normalized spacial score (nSPS) is 19.1. The average Bonchev–Trinajstić information content (AvgIpc) is 2.96. The molecule has 0 bridgehead atoms. The minimum atomic E-state index is -0.877. The van der Waals surface area contributed by atoms with Crippen LogP contribution in [0.2, 0.25) is 10.0 Å². The highest BCUT2D eigenvalue weighted by Gasteiger charge is 2.50. The first-order valence-electron chi connectivity index (χ1n) is 13.4. The molecular formula is C30H31Cl2N5O5. The maximum atomic E-state index is 14.0. The summed E-state index contributed by atoms with van der Waals surface area (Å²) in [6.45, 7) is 0.434. The molecule has 2 N–H and O–H groups in total. The molecule has 0 radical (unpaired) electrons. The molecule has 220 valence electrons. The largest absolute Gasteiger partial charge is 0.508 e. The molecule has 3 aromatic rings. The van der Waals surface area contributed by atoms with Crippen LogP contribution in [0.5, 0.6) is 11.5 Å². The highest BCUT2D eigenvalue weighted by Crippen LogP contribution is 2.30. The van der Waals surface area contributed by atoms with E-state index in [2.05, 4.69) is 5.32 Å². The third-order valence-corrected chi connectivity index (χ3v) is 8.08. The van der Waals surface area contributed by atoms with Gasteiger partial charge in [0.1, 0.15) is 23.7 Å². The number of halogens is 2. The number of methoxy groups -OCH3 is 1. The van der Waals surface area contributed by atoms with Crippen molar-refractivity contribution in [3.8, 4) is 11.5 Å². The molecule has 0 aromatic heterocycles. The number of aromatic hydroxyl groups is 1. The van der Waals surface area contributed by atoms with Crippen LogP contribution in [0.1, 0.15) is 16.7 Å². The number of urea groups is 1. The van der Waals surface area contributed by atoms with Crippen molar-refractivity contribution in [2.75, 3.05) is 27.2 Å². The Morgan fingerprint density at radius 3 is 2.38 bits per heavy atom. The van der Waals surface area contributed by atoms with Crippen LogP contribution in [0.4, 0.5) is 4.79 Å². The van der Waals surface area contributed by atoms with Crippen LogP contribution in [0, 0.1) is 0 Å². The summed E-state index contributed by atoms with van der Waals surface area (Å²) in [5.74, 6) is 0.285. The molecule has 0 aliphatic carbocycles. The Kier molecular flexibility index (Phi) is 8.77. The van der Waals surface area contributed by atoms with Gasteiger partial charge in [-0.2, -0.15) is 0 Å². The summed E-state index contributed by atoms with van der Waals surface area (Å²) >= 11 is 12.5. The average molecular weight is 613 g/mol. The van der Waals surface area contributed by atoms with Crippen LogP contribution in [0.25, 0.3) is 0 Å². The summed E-state index contributed by atoms with van der Waals surface area (Å²) in [5.41, 5.74) is 2.33. The molecule has 3 aromatic carbocycles. The number of phenols is 1. The SMILES string of the molecule is COc1ccc(CNC(=O)N2C3CN(Cc4ccc(Cl)cc4Cl)C(=O)C(Cc4ccc(O)cc4)N3C(=O)CN2C)cc1. The lowest BCUT2D eigenvalue weighted by Gasteiger charge is -2.54. The number of rotatable bonds is 7. The van der Waals surface area contributed by atoms with E-state index >= 15 is 0 Å². The summed E-state index contributed by atoms with van der Waals surface area (Å²) < 4.78 is 5.21. The smallest absolute Gasteiger partial charge is 0.334 e. The zero-order valence-corrected chi connectivity index (χ0v) is 24.7. The monoisotopic (exact) mass is 611 g/mol. The fourth-order valence-electron chi connectivity index (χ4n) is 5.36. The number of fused-ring (bicyclic) bond motifs is 1. The number of likely N-dealkylation sites (N-methyl/N-ethyl adjacent to an activating group) is 1. The third-order valence-electron chi connectivity index (χ3n) is 7.49. The molecule has 2 unspecified atom stereocenters.